The fourth-order valence-corrected chi connectivity index (χ4v) is 3.37. The molecule has 1 aromatic carbocycles. The number of piperidine rings is 1. The lowest BCUT2D eigenvalue weighted by Gasteiger charge is -2.27. The lowest BCUT2D eigenvalue weighted by Crippen LogP contribution is -2.30. The van der Waals surface area contributed by atoms with Crippen LogP contribution in [0.2, 0.25) is 5.02 Å². The highest BCUT2D eigenvalue weighted by Crippen LogP contribution is 2.28. The largest absolute Gasteiger partial charge is 0.457 e. The summed E-state index contributed by atoms with van der Waals surface area (Å²) in [7, 11) is 0. The van der Waals surface area contributed by atoms with Crippen LogP contribution in [0.5, 0.6) is 6.01 Å². The maximum atomic E-state index is 13.0. The molecule has 0 unspecified atom stereocenters. The zero-order valence-corrected chi connectivity index (χ0v) is 16.3. The molecule has 0 N–H and O–H groups in total. The van der Waals surface area contributed by atoms with Gasteiger partial charge in [0.05, 0.1) is 11.9 Å². The second kappa shape index (κ2) is 8.69. The van der Waals surface area contributed by atoms with E-state index in [-0.39, 0.29) is 23.2 Å². The monoisotopic (exact) mass is 420 g/mol. The van der Waals surface area contributed by atoms with Crippen LogP contribution in [0.4, 0.5) is 14.6 Å². The summed E-state index contributed by atoms with van der Waals surface area (Å²) in [4.78, 5) is 10.8. The van der Waals surface area contributed by atoms with E-state index in [1.807, 2.05) is 6.07 Å². The Morgan fingerprint density at radius 3 is 2.76 bits per heavy atom. The molecule has 2 aromatic heterocycles. The Kier molecular flexibility index (Phi) is 5.84. The van der Waals surface area contributed by atoms with Gasteiger partial charge in [-0.25, -0.2) is 18.4 Å². The first kappa shape index (κ1) is 19.5. The van der Waals surface area contributed by atoms with E-state index >= 15 is 0 Å². The molecule has 152 valence electrons. The van der Waals surface area contributed by atoms with E-state index < -0.39 is 6.43 Å². The number of aromatic nitrogens is 5. The minimum absolute atomic E-state index is 0.0122. The van der Waals surface area contributed by atoms with Gasteiger partial charge in [0.2, 0.25) is 0 Å². The number of hydrogen-bond acceptors (Lipinski definition) is 6. The summed E-state index contributed by atoms with van der Waals surface area (Å²) in [6, 6.07) is 6.43. The van der Waals surface area contributed by atoms with Gasteiger partial charge in [-0.05, 0) is 43.5 Å². The van der Waals surface area contributed by atoms with Gasteiger partial charge in [0.15, 0.2) is 0 Å². The number of alkyl halides is 2. The van der Waals surface area contributed by atoms with Gasteiger partial charge in [-0.3, -0.25) is 0 Å². The van der Waals surface area contributed by atoms with Gasteiger partial charge in [-0.15, -0.1) is 5.10 Å². The summed E-state index contributed by atoms with van der Waals surface area (Å²) in [5.41, 5.74) is 0.706. The maximum absolute atomic E-state index is 13.0. The average Bonchev–Trinajstić information content (AvgIpc) is 3.22. The standard InChI is InChI=1S/C19H19ClF2N6O/c20-16-5-4-14(10-15(16)18(21)22)28-11-13(25-26-28)12-29-19-23-7-6-17(24-19)27-8-2-1-3-9-27/h4-7,10-11,18H,1-3,8-9,12H2. The molecule has 0 spiro atoms. The highest BCUT2D eigenvalue weighted by Gasteiger charge is 2.15. The summed E-state index contributed by atoms with van der Waals surface area (Å²) in [6.45, 7) is 2.07. The van der Waals surface area contributed by atoms with E-state index in [9.17, 15) is 8.78 Å². The van der Waals surface area contributed by atoms with Crippen molar-refractivity contribution in [2.75, 3.05) is 18.0 Å². The fraction of sp³-hybridized carbons (Fsp3) is 0.368. The molecule has 0 bridgehead atoms. The number of nitrogens with zero attached hydrogens (tertiary/aromatic N) is 6. The van der Waals surface area contributed by atoms with Crippen molar-refractivity contribution in [3.05, 3.63) is 52.9 Å². The van der Waals surface area contributed by atoms with Crippen molar-refractivity contribution >= 4 is 17.4 Å². The SMILES string of the molecule is FC(F)c1cc(-n2cc(COc3nccc(N4CCCCC4)n3)nn2)ccc1Cl. The van der Waals surface area contributed by atoms with Crippen molar-refractivity contribution < 1.29 is 13.5 Å². The molecule has 0 aliphatic carbocycles. The third kappa shape index (κ3) is 4.61. The smallest absolute Gasteiger partial charge is 0.318 e. The van der Waals surface area contributed by atoms with Gasteiger partial charge in [0.25, 0.3) is 6.43 Å². The first-order valence-corrected chi connectivity index (χ1v) is 9.68. The summed E-state index contributed by atoms with van der Waals surface area (Å²) >= 11 is 5.81. The second-order valence-corrected chi connectivity index (χ2v) is 7.10. The number of halogens is 3. The fourth-order valence-electron chi connectivity index (χ4n) is 3.17. The molecule has 0 atom stereocenters. The van der Waals surface area contributed by atoms with Crippen LogP contribution in [0, 0.1) is 0 Å². The third-order valence-electron chi connectivity index (χ3n) is 4.67. The lowest BCUT2D eigenvalue weighted by atomic mass is 10.1. The van der Waals surface area contributed by atoms with Crippen molar-refractivity contribution in [3.63, 3.8) is 0 Å². The molecule has 1 aliphatic rings. The van der Waals surface area contributed by atoms with Crippen LogP contribution >= 0.6 is 11.6 Å². The molecule has 1 aliphatic heterocycles. The quantitative estimate of drug-likeness (QED) is 0.594. The van der Waals surface area contributed by atoms with E-state index in [1.165, 1.54) is 23.2 Å². The van der Waals surface area contributed by atoms with Gasteiger partial charge in [0.1, 0.15) is 18.1 Å². The van der Waals surface area contributed by atoms with E-state index in [4.69, 9.17) is 16.3 Å². The average molecular weight is 421 g/mol. The molecule has 0 amide bonds. The van der Waals surface area contributed by atoms with Crippen molar-refractivity contribution in [2.24, 2.45) is 0 Å². The normalized spacial score (nSPS) is 14.4. The molecule has 0 radical (unpaired) electrons. The Hall–Kier alpha value is -2.81. The Morgan fingerprint density at radius 1 is 1.14 bits per heavy atom. The Bertz CT molecular complexity index is 977. The molecule has 4 rings (SSSR count). The predicted molar refractivity (Wildman–Crippen MR) is 104 cm³/mol. The van der Waals surface area contributed by atoms with Crippen LogP contribution in [-0.2, 0) is 6.61 Å². The van der Waals surface area contributed by atoms with Crippen LogP contribution < -0.4 is 9.64 Å². The van der Waals surface area contributed by atoms with Gasteiger partial charge in [-0.2, -0.15) is 4.98 Å². The number of hydrogen-bond donors (Lipinski definition) is 0. The first-order valence-electron chi connectivity index (χ1n) is 9.30. The van der Waals surface area contributed by atoms with E-state index in [0.29, 0.717) is 11.4 Å². The molecule has 3 aromatic rings. The van der Waals surface area contributed by atoms with Crippen LogP contribution in [0.3, 0.4) is 0 Å². The zero-order chi connectivity index (χ0) is 20.2. The number of rotatable bonds is 6. The van der Waals surface area contributed by atoms with E-state index in [2.05, 4.69) is 25.2 Å². The van der Waals surface area contributed by atoms with Gasteiger partial charge in [0, 0.05) is 29.9 Å². The molecule has 7 nitrogen and oxygen atoms in total. The predicted octanol–water partition coefficient (Wildman–Crippen LogP) is 4.22. The lowest BCUT2D eigenvalue weighted by molar-refractivity contribution is 0.151. The first-order chi connectivity index (χ1) is 14.1. The Morgan fingerprint density at radius 2 is 1.97 bits per heavy atom. The molecule has 10 heteroatoms. The Balaban J connectivity index is 1.43. The summed E-state index contributed by atoms with van der Waals surface area (Å²) in [5, 5.41) is 8.00. The van der Waals surface area contributed by atoms with Crippen molar-refractivity contribution in [3.8, 4) is 11.7 Å². The zero-order valence-electron chi connectivity index (χ0n) is 15.5. The van der Waals surface area contributed by atoms with Gasteiger partial charge in [-0.1, -0.05) is 16.8 Å². The van der Waals surface area contributed by atoms with Crippen LogP contribution in [0.1, 0.15) is 36.9 Å². The third-order valence-corrected chi connectivity index (χ3v) is 5.01. The Labute approximate surface area is 171 Å². The van der Waals surface area contributed by atoms with E-state index in [1.54, 1.807) is 18.5 Å². The van der Waals surface area contributed by atoms with Gasteiger partial charge < -0.3 is 9.64 Å². The number of benzene rings is 1. The molecule has 0 saturated carbocycles. The topological polar surface area (TPSA) is 69.0 Å². The molecular weight excluding hydrogens is 402 g/mol. The molecule has 29 heavy (non-hydrogen) atoms. The van der Waals surface area contributed by atoms with Crippen molar-refractivity contribution in [1.29, 1.82) is 0 Å². The van der Waals surface area contributed by atoms with Crippen molar-refractivity contribution in [1.82, 2.24) is 25.0 Å². The summed E-state index contributed by atoms with van der Waals surface area (Å²) in [5.74, 6) is 0.846. The van der Waals surface area contributed by atoms with Crippen LogP contribution in [0.15, 0.2) is 36.7 Å². The maximum Gasteiger partial charge on any atom is 0.318 e. The highest BCUT2D eigenvalue weighted by molar-refractivity contribution is 6.31. The van der Waals surface area contributed by atoms with Crippen LogP contribution in [0.25, 0.3) is 5.69 Å². The second-order valence-electron chi connectivity index (χ2n) is 6.69. The minimum atomic E-state index is -2.67. The molecule has 1 saturated heterocycles. The van der Waals surface area contributed by atoms with Crippen molar-refractivity contribution in [2.45, 2.75) is 32.3 Å². The molecule has 3 heterocycles. The molecule has 1 fully saturated rings. The highest BCUT2D eigenvalue weighted by atomic mass is 35.5. The number of anilines is 1. The summed E-state index contributed by atoms with van der Waals surface area (Å²) in [6.07, 6.45) is 4.16. The minimum Gasteiger partial charge on any atom is -0.457 e. The van der Waals surface area contributed by atoms with E-state index in [0.717, 1.165) is 31.7 Å². The van der Waals surface area contributed by atoms with Crippen LogP contribution in [-0.4, -0.2) is 38.1 Å². The molecular formula is C19H19ClF2N6O. The summed E-state index contributed by atoms with van der Waals surface area (Å²) < 4.78 is 33.1. The van der Waals surface area contributed by atoms with Gasteiger partial charge >= 0.3 is 6.01 Å². The number of ether oxygens (including phenoxy) is 1.